The molecule has 330 valence electrons. The summed E-state index contributed by atoms with van der Waals surface area (Å²) < 4.78 is 0. The van der Waals surface area contributed by atoms with E-state index in [0.29, 0.717) is 0 Å². The van der Waals surface area contributed by atoms with Crippen LogP contribution in [-0.4, -0.2) is 0 Å². The maximum Gasteiger partial charge on any atom is 0.0465 e. The third-order valence-electron chi connectivity index (χ3n) is 14.5. The van der Waals surface area contributed by atoms with Crippen molar-refractivity contribution in [3.05, 3.63) is 238 Å². The predicted molar refractivity (Wildman–Crippen MR) is 292 cm³/mol. The van der Waals surface area contributed by atoms with Gasteiger partial charge in [-0.25, -0.2) is 0 Å². The van der Waals surface area contributed by atoms with Crippen molar-refractivity contribution in [2.45, 2.75) is 52.4 Å². The number of hydrogen-bond donors (Lipinski definition) is 0. The molecule has 0 unspecified atom stereocenters. The Bertz CT molecular complexity index is 3280. The summed E-state index contributed by atoms with van der Waals surface area (Å²) in [4.78, 5) is 10.1. The van der Waals surface area contributed by atoms with E-state index >= 15 is 0 Å². The zero-order valence-corrected chi connectivity index (χ0v) is 41.0. The standard InChI is InChI=1S/C64H52N2S2/c1-41-17-35-61(67-41)45-23-31-53-55-33-29-51(39-59(55)63(3,4)57(53)37-45)65(47-13-9-7-10-14-47)49-25-19-43(20-26-49)44-21-27-50(28-22-44)66(48-15-11-8-12-16-48)52-30-34-56-54-32-24-46(62-36-18-42(2)68-62)38-58(54)64(5,6)60(56)40-52/h7-40H,1-6H3. The van der Waals surface area contributed by atoms with E-state index in [-0.39, 0.29) is 10.8 Å². The SMILES string of the molecule is Cc1ccc(-c2ccc3c(c2)C(C)(C)c2cc(N(c4ccccc4)c4ccc(-c5ccc(N(c6ccccc6)c6ccc7c(c6)C(C)(C)c6cc(-c8ccc(C)s8)ccc6-7)cc5)cc4)ccc2-3)s1. The molecule has 2 aliphatic rings. The maximum absolute atomic E-state index is 2.43. The van der Waals surface area contributed by atoms with Gasteiger partial charge < -0.3 is 9.80 Å². The first-order valence-electron chi connectivity index (χ1n) is 23.6. The predicted octanol–water partition coefficient (Wildman–Crippen LogP) is 19.0. The van der Waals surface area contributed by atoms with Crippen LogP contribution in [0.3, 0.4) is 0 Å². The fraction of sp³-hybridized carbons (Fsp3) is 0.125. The van der Waals surface area contributed by atoms with Crippen LogP contribution < -0.4 is 9.80 Å². The second-order valence-corrected chi connectivity index (χ2v) is 22.1. The van der Waals surface area contributed by atoms with E-state index in [2.05, 4.69) is 258 Å². The van der Waals surface area contributed by atoms with Gasteiger partial charge in [0.25, 0.3) is 0 Å². The number of fused-ring (bicyclic) bond motifs is 6. The van der Waals surface area contributed by atoms with Crippen LogP contribution in [0.2, 0.25) is 0 Å². The summed E-state index contributed by atoms with van der Waals surface area (Å²) in [5.41, 5.74) is 22.3. The van der Waals surface area contributed by atoms with Crippen molar-refractivity contribution in [1.29, 1.82) is 0 Å². The summed E-state index contributed by atoms with van der Waals surface area (Å²) in [6.07, 6.45) is 0. The Labute approximate surface area is 409 Å². The molecule has 2 aromatic heterocycles. The molecule has 2 heterocycles. The summed E-state index contributed by atoms with van der Waals surface area (Å²) in [5, 5.41) is 0. The lowest BCUT2D eigenvalue weighted by Crippen LogP contribution is -2.16. The highest BCUT2D eigenvalue weighted by atomic mass is 32.1. The molecule has 12 rings (SSSR count). The van der Waals surface area contributed by atoms with Gasteiger partial charge in [-0.2, -0.15) is 0 Å². The minimum Gasteiger partial charge on any atom is -0.310 e. The highest BCUT2D eigenvalue weighted by Crippen LogP contribution is 2.54. The first-order valence-corrected chi connectivity index (χ1v) is 25.3. The monoisotopic (exact) mass is 912 g/mol. The van der Waals surface area contributed by atoms with Gasteiger partial charge in [0.05, 0.1) is 0 Å². The van der Waals surface area contributed by atoms with E-state index < -0.39 is 0 Å². The first-order chi connectivity index (χ1) is 33.0. The van der Waals surface area contributed by atoms with Gasteiger partial charge in [0.2, 0.25) is 0 Å². The van der Waals surface area contributed by atoms with E-state index in [9.17, 15) is 0 Å². The van der Waals surface area contributed by atoms with Gasteiger partial charge in [0.1, 0.15) is 0 Å². The number of benzene rings is 8. The number of hydrogen-bond acceptors (Lipinski definition) is 4. The molecule has 4 heteroatoms. The minimum absolute atomic E-state index is 0.144. The van der Waals surface area contributed by atoms with Crippen molar-refractivity contribution >= 4 is 56.8 Å². The lowest BCUT2D eigenvalue weighted by molar-refractivity contribution is 0.660. The summed E-state index contributed by atoms with van der Waals surface area (Å²) in [6.45, 7) is 13.9. The lowest BCUT2D eigenvalue weighted by atomic mass is 9.81. The van der Waals surface area contributed by atoms with Gasteiger partial charge in [-0.15, -0.1) is 22.7 Å². The van der Waals surface area contributed by atoms with E-state index in [4.69, 9.17) is 0 Å². The van der Waals surface area contributed by atoms with Crippen molar-refractivity contribution in [2.24, 2.45) is 0 Å². The zero-order valence-electron chi connectivity index (χ0n) is 39.3. The molecule has 8 aromatic carbocycles. The number of nitrogens with zero attached hydrogens (tertiary/aromatic N) is 2. The van der Waals surface area contributed by atoms with Crippen LogP contribution >= 0.6 is 22.7 Å². The molecular formula is C64H52N2S2. The van der Waals surface area contributed by atoms with E-state index in [0.717, 1.165) is 34.1 Å². The third kappa shape index (κ3) is 7.05. The smallest absolute Gasteiger partial charge is 0.0465 e. The summed E-state index contributed by atoms with van der Waals surface area (Å²) in [7, 11) is 0. The van der Waals surface area contributed by atoms with Crippen LogP contribution in [0.25, 0.3) is 54.3 Å². The Hall–Kier alpha value is -7.24. The van der Waals surface area contributed by atoms with Crippen molar-refractivity contribution in [3.8, 4) is 54.3 Å². The van der Waals surface area contributed by atoms with Gasteiger partial charge in [-0.3, -0.25) is 0 Å². The van der Waals surface area contributed by atoms with Crippen LogP contribution in [0, 0.1) is 13.8 Å². The maximum atomic E-state index is 2.43. The molecule has 2 aliphatic carbocycles. The van der Waals surface area contributed by atoms with E-state index in [1.165, 1.54) is 86.3 Å². The molecule has 0 atom stereocenters. The summed E-state index contributed by atoms with van der Waals surface area (Å²) in [6, 6.07) is 76.8. The Morgan fingerprint density at radius 1 is 0.294 bits per heavy atom. The van der Waals surface area contributed by atoms with Gasteiger partial charge in [0.15, 0.2) is 0 Å². The van der Waals surface area contributed by atoms with Crippen molar-refractivity contribution in [1.82, 2.24) is 0 Å². The second kappa shape index (κ2) is 16.2. The van der Waals surface area contributed by atoms with Gasteiger partial charge in [-0.1, -0.05) is 125 Å². The lowest BCUT2D eigenvalue weighted by Gasteiger charge is -2.28. The minimum atomic E-state index is -0.144. The molecule has 0 N–H and O–H groups in total. The average Bonchev–Trinajstić information content (AvgIpc) is 4.12. The molecule has 0 aliphatic heterocycles. The van der Waals surface area contributed by atoms with E-state index in [1.54, 1.807) is 0 Å². The van der Waals surface area contributed by atoms with E-state index in [1.807, 2.05) is 22.7 Å². The second-order valence-electron chi connectivity index (χ2n) is 19.5. The molecule has 0 spiro atoms. The Morgan fingerprint density at radius 2 is 0.603 bits per heavy atom. The Morgan fingerprint density at radius 3 is 0.956 bits per heavy atom. The molecule has 10 aromatic rings. The molecule has 0 fully saturated rings. The van der Waals surface area contributed by atoms with Crippen LogP contribution in [-0.2, 0) is 10.8 Å². The number of thiophene rings is 2. The topological polar surface area (TPSA) is 6.48 Å². The van der Waals surface area contributed by atoms with Crippen LogP contribution in [0.5, 0.6) is 0 Å². The van der Waals surface area contributed by atoms with Crippen LogP contribution in [0.1, 0.15) is 59.7 Å². The Kier molecular flexibility index (Phi) is 10.1. The molecule has 2 nitrogen and oxygen atoms in total. The Balaban J connectivity index is 0.850. The summed E-state index contributed by atoms with van der Waals surface area (Å²) in [5.74, 6) is 0. The quantitative estimate of drug-likeness (QED) is 0.142. The fourth-order valence-corrected chi connectivity index (χ4v) is 12.6. The third-order valence-corrected chi connectivity index (χ3v) is 16.6. The number of rotatable bonds is 9. The molecule has 0 amide bonds. The highest BCUT2D eigenvalue weighted by Gasteiger charge is 2.38. The molecule has 0 radical (unpaired) electrons. The molecule has 68 heavy (non-hydrogen) atoms. The number of para-hydroxylation sites is 2. The number of aryl methyl sites for hydroxylation is 2. The van der Waals surface area contributed by atoms with Crippen LogP contribution in [0.4, 0.5) is 34.1 Å². The highest BCUT2D eigenvalue weighted by molar-refractivity contribution is 7.15. The van der Waals surface area contributed by atoms with Crippen molar-refractivity contribution < 1.29 is 0 Å². The fourth-order valence-electron chi connectivity index (χ4n) is 10.9. The van der Waals surface area contributed by atoms with Gasteiger partial charge >= 0.3 is 0 Å². The average molecular weight is 913 g/mol. The zero-order chi connectivity index (χ0) is 46.3. The van der Waals surface area contributed by atoms with Crippen molar-refractivity contribution in [3.63, 3.8) is 0 Å². The normalized spacial score (nSPS) is 13.7. The molecule has 0 saturated carbocycles. The number of anilines is 6. The molecule has 0 saturated heterocycles. The first kappa shape index (κ1) is 42.1. The largest absolute Gasteiger partial charge is 0.310 e. The van der Waals surface area contributed by atoms with Crippen LogP contribution in [0.15, 0.2) is 206 Å². The van der Waals surface area contributed by atoms with Crippen molar-refractivity contribution in [2.75, 3.05) is 9.80 Å². The van der Waals surface area contributed by atoms with Gasteiger partial charge in [0, 0.05) is 64.5 Å². The summed E-state index contributed by atoms with van der Waals surface area (Å²) >= 11 is 3.73. The molecular weight excluding hydrogens is 861 g/mol. The molecule has 0 bridgehead atoms. The van der Waals surface area contributed by atoms with Gasteiger partial charge in [-0.05, 0) is 190 Å².